The fourth-order valence-electron chi connectivity index (χ4n) is 5.24. The van der Waals surface area contributed by atoms with E-state index in [1.54, 1.807) is 6.08 Å². The number of fused-ring (bicyclic) bond motifs is 12. The highest BCUT2D eigenvalue weighted by Crippen LogP contribution is 2.82. The minimum atomic E-state index is -1.23. The van der Waals surface area contributed by atoms with Crippen LogP contribution in [0.4, 0.5) is 0 Å². The van der Waals surface area contributed by atoms with Crippen molar-refractivity contribution in [2.24, 2.45) is 23.7 Å². The molecule has 5 aliphatic rings. The van der Waals surface area contributed by atoms with Gasteiger partial charge in [0, 0.05) is 5.03 Å². The van der Waals surface area contributed by atoms with Crippen LogP contribution in [0.1, 0.15) is 6.42 Å². The molecule has 6 heteroatoms. The molecule has 1 aliphatic heterocycles. The van der Waals surface area contributed by atoms with E-state index in [0.717, 1.165) is 6.42 Å². The average molecular weight is 346 g/mol. The summed E-state index contributed by atoms with van der Waals surface area (Å²) in [6.07, 6.45) is 3.58. The normalized spacial score (nSPS) is 69.1. The Labute approximate surface area is 130 Å². The van der Waals surface area contributed by atoms with Crippen molar-refractivity contribution in [1.29, 1.82) is 0 Å². The van der Waals surface area contributed by atoms with E-state index in [0.29, 0.717) is 29.1 Å². The molecule has 3 saturated carbocycles. The van der Waals surface area contributed by atoms with Crippen molar-refractivity contribution >= 4 is 58.0 Å². The topological polar surface area (TPSA) is 12.5 Å². The van der Waals surface area contributed by atoms with Gasteiger partial charge in [-0.1, -0.05) is 34.8 Å². The van der Waals surface area contributed by atoms with Crippen molar-refractivity contribution in [2.45, 2.75) is 32.7 Å². The van der Waals surface area contributed by atoms with E-state index in [-0.39, 0.29) is 11.8 Å². The van der Waals surface area contributed by atoms with E-state index in [4.69, 9.17) is 62.7 Å². The molecule has 1 heterocycles. The Morgan fingerprint density at radius 3 is 2.33 bits per heavy atom. The van der Waals surface area contributed by atoms with Gasteiger partial charge in [-0.25, -0.2) is 0 Å². The molecule has 0 N–H and O–H groups in total. The predicted molar refractivity (Wildman–Crippen MR) is 72.8 cm³/mol. The summed E-state index contributed by atoms with van der Waals surface area (Å²) >= 11 is 33.0. The highest BCUT2D eigenvalue weighted by molar-refractivity contribution is 6.62. The van der Waals surface area contributed by atoms with Gasteiger partial charge >= 0.3 is 0 Å². The van der Waals surface area contributed by atoms with Crippen molar-refractivity contribution in [1.82, 2.24) is 0 Å². The number of hydrogen-bond donors (Lipinski definition) is 0. The molecule has 98 valence electrons. The number of rotatable bonds is 0. The first-order valence-electron chi connectivity index (χ1n) is 6.14. The highest BCUT2D eigenvalue weighted by Gasteiger charge is 2.87. The van der Waals surface area contributed by atoms with Crippen LogP contribution in [0.3, 0.4) is 0 Å². The molecule has 5 rings (SSSR count). The Hall–Kier alpha value is 1.15. The van der Waals surface area contributed by atoms with Gasteiger partial charge in [-0.15, -0.1) is 23.2 Å². The van der Waals surface area contributed by atoms with Gasteiger partial charge in [0.15, 0.2) is 4.33 Å². The number of allylic oxidation sites excluding steroid dienone is 2. The predicted octanol–water partition coefficient (Wildman–Crippen LogP) is 3.91. The fourth-order valence-corrected chi connectivity index (χ4v) is 7.76. The summed E-state index contributed by atoms with van der Waals surface area (Å²) < 4.78 is 4.49. The molecule has 0 aromatic rings. The number of ether oxygens (including phenoxy) is 1. The van der Waals surface area contributed by atoms with Crippen LogP contribution in [-0.2, 0) is 4.74 Å². The fraction of sp³-hybridized carbons (Fsp3) is 0.833. The van der Waals surface area contributed by atoms with Crippen molar-refractivity contribution in [3.63, 3.8) is 0 Å². The Morgan fingerprint density at radius 2 is 1.67 bits per heavy atom. The summed E-state index contributed by atoms with van der Waals surface area (Å²) in [5.41, 5.74) is 0. The van der Waals surface area contributed by atoms with Gasteiger partial charge in [-0.05, 0) is 36.2 Å². The third-order valence-corrected chi connectivity index (χ3v) is 9.32. The summed E-state index contributed by atoms with van der Waals surface area (Å²) in [7, 11) is 0. The van der Waals surface area contributed by atoms with Gasteiger partial charge in [0.05, 0.1) is 12.2 Å². The molecule has 1 saturated heterocycles. The molecule has 18 heavy (non-hydrogen) atoms. The van der Waals surface area contributed by atoms with Gasteiger partial charge in [-0.2, -0.15) is 0 Å². The molecule has 1 nitrogen and oxygen atoms in total. The van der Waals surface area contributed by atoms with Crippen molar-refractivity contribution in [3.05, 3.63) is 11.1 Å². The lowest BCUT2D eigenvalue weighted by molar-refractivity contribution is 0.237. The Morgan fingerprint density at radius 1 is 1.06 bits per heavy atom. The molecule has 4 bridgehead atoms. The lowest BCUT2D eigenvalue weighted by atomic mass is 9.73. The van der Waals surface area contributed by atoms with Crippen LogP contribution < -0.4 is 0 Å². The standard InChI is InChI=1S/C12H9Cl5O/c13-5-2-10(14)6-3-1-4(9-8(3)18-9)7(6)11(5,15)12(10,16)17/h2-4,6-9H,1H2/t3-,4+,6+,7-,8-,9+,10-,11+/m0/s1. The Balaban J connectivity index is 1.78. The van der Waals surface area contributed by atoms with E-state index in [1.807, 2.05) is 0 Å². The Kier molecular flexibility index (Phi) is 1.87. The van der Waals surface area contributed by atoms with Crippen LogP contribution in [0.2, 0.25) is 0 Å². The summed E-state index contributed by atoms with van der Waals surface area (Å²) in [5, 5.41) is 0.509. The first-order chi connectivity index (χ1) is 8.34. The van der Waals surface area contributed by atoms with Crippen LogP contribution in [0, 0.1) is 23.7 Å². The molecule has 0 aromatic carbocycles. The lowest BCUT2D eigenvalue weighted by Gasteiger charge is -2.36. The van der Waals surface area contributed by atoms with Crippen LogP contribution in [-0.4, -0.2) is 26.3 Å². The van der Waals surface area contributed by atoms with Gasteiger partial charge < -0.3 is 4.74 Å². The van der Waals surface area contributed by atoms with E-state index in [2.05, 4.69) is 0 Å². The largest absolute Gasteiger partial charge is 0.369 e. The molecule has 0 spiro atoms. The third-order valence-electron chi connectivity index (χ3n) is 5.83. The first-order valence-corrected chi connectivity index (χ1v) is 8.03. The summed E-state index contributed by atoms with van der Waals surface area (Å²) in [5.74, 6) is 1.16. The van der Waals surface area contributed by atoms with Crippen molar-refractivity contribution in [3.8, 4) is 0 Å². The second kappa shape index (κ2) is 2.87. The second-order valence-corrected chi connectivity index (χ2v) is 9.18. The molecule has 0 radical (unpaired) electrons. The maximum atomic E-state index is 6.80. The van der Waals surface area contributed by atoms with Gasteiger partial charge in [-0.3, -0.25) is 0 Å². The number of hydrogen-bond acceptors (Lipinski definition) is 1. The number of alkyl halides is 4. The zero-order chi connectivity index (χ0) is 12.7. The molecular weight excluding hydrogens is 337 g/mol. The van der Waals surface area contributed by atoms with Crippen molar-refractivity contribution in [2.75, 3.05) is 0 Å². The molecule has 4 fully saturated rings. The molecule has 0 amide bonds. The Bertz CT molecular complexity index is 519. The number of halogens is 5. The zero-order valence-electron chi connectivity index (χ0n) is 9.05. The molecule has 0 unspecified atom stereocenters. The van der Waals surface area contributed by atoms with Crippen LogP contribution in [0.5, 0.6) is 0 Å². The first kappa shape index (κ1) is 11.8. The highest BCUT2D eigenvalue weighted by atomic mass is 35.5. The van der Waals surface area contributed by atoms with Gasteiger partial charge in [0.2, 0.25) is 0 Å². The van der Waals surface area contributed by atoms with E-state index in [9.17, 15) is 0 Å². The van der Waals surface area contributed by atoms with Crippen LogP contribution in [0.25, 0.3) is 0 Å². The summed E-state index contributed by atoms with van der Waals surface area (Å²) in [6, 6.07) is 0. The SMILES string of the molecule is ClC1=C[C@]2(Cl)[C@@H]3[C@@H]4C[C@@H]([C@H]5O[C@@H]45)[C@@H]3[C@@]1(Cl)C2(Cl)Cl. The molecule has 4 aliphatic carbocycles. The zero-order valence-corrected chi connectivity index (χ0v) is 12.8. The summed E-state index contributed by atoms with van der Waals surface area (Å²) in [4.78, 5) is -1.80. The van der Waals surface area contributed by atoms with E-state index >= 15 is 0 Å². The summed E-state index contributed by atoms with van der Waals surface area (Å²) in [6.45, 7) is 0. The quantitative estimate of drug-likeness (QED) is 0.368. The molecular formula is C12H9Cl5O. The minimum Gasteiger partial charge on any atom is -0.369 e. The van der Waals surface area contributed by atoms with E-state index in [1.165, 1.54) is 0 Å². The van der Waals surface area contributed by atoms with Gasteiger partial charge in [0.1, 0.15) is 9.75 Å². The van der Waals surface area contributed by atoms with E-state index < -0.39 is 14.1 Å². The average Bonchev–Trinajstić information content (AvgIpc) is 2.83. The molecule has 0 aromatic heterocycles. The van der Waals surface area contributed by atoms with Crippen molar-refractivity contribution < 1.29 is 4.74 Å². The smallest absolute Gasteiger partial charge is 0.165 e. The second-order valence-electron chi connectivity index (χ2n) is 6.23. The maximum Gasteiger partial charge on any atom is 0.165 e. The van der Waals surface area contributed by atoms with Crippen LogP contribution in [0.15, 0.2) is 11.1 Å². The lowest BCUT2D eigenvalue weighted by Crippen LogP contribution is -2.46. The van der Waals surface area contributed by atoms with Gasteiger partial charge in [0.25, 0.3) is 0 Å². The minimum absolute atomic E-state index is 0.137. The maximum absolute atomic E-state index is 6.80. The van der Waals surface area contributed by atoms with Crippen LogP contribution >= 0.6 is 58.0 Å². The monoisotopic (exact) mass is 344 g/mol. The third kappa shape index (κ3) is 0.859. The molecule has 8 atom stereocenters. The number of epoxide rings is 1.